The number of carbonyl (C=O) groups is 1. The first-order chi connectivity index (χ1) is 10.5. The number of rotatable bonds is 3. The molecule has 0 radical (unpaired) electrons. The van der Waals surface area contributed by atoms with Gasteiger partial charge >= 0.3 is 0 Å². The predicted octanol–water partition coefficient (Wildman–Crippen LogP) is 2.26. The molecule has 2 N–H and O–H groups in total. The fourth-order valence-corrected chi connectivity index (χ4v) is 2.99. The average Bonchev–Trinajstić information content (AvgIpc) is 3.11. The summed E-state index contributed by atoms with van der Waals surface area (Å²) in [6.07, 6.45) is 3.72. The highest BCUT2D eigenvalue weighted by Gasteiger charge is 2.34. The molecule has 1 saturated heterocycles. The van der Waals surface area contributed by atoms with Gasteiger partial charge in [0.25, 0.3) is 0 Å². The van der Waals surface area contributed by atoms with Crippen molar-refractivity contribution >= 4 is 27.5 Å². The molecule has 7 heteroatoms. The van der Waals surface area contributed by atoms with Crippen molar-refractivity contribution in [2.45, 2.75) is 5.92 Å². The molecule has 2 aromatic rings. The summed E-state index contributed by atoms with van der Waals surface area (Å²) >= 11 is 3.10. The van der Waals surface area contributed by atoms with Crippen molar-refractivity contribution in [1.29, 1.82) is 0 Å². The molecule has 116 valence electrons. The number of nitrogens with one attached hydrogen (secondary N) is 2. The van der Waals surface area contributed by atoms with Crippen molar-refractivity contribution in [2.75, 3.05) is 18.4 Å². The predicted molar refractivity (Wildman–Crippen MR) is 85.0 cm³/mol. The summed E-state index contributed by atoms with van der Waals surface area (Å²) in [7, 11) is 1.85. The molecular formula is C15H16BrFN4O. The molecule has 0 unspecified atom stereocenters. The standard InChI is InChI=1S/C15H16BrFN4O/c1-21-8-9(5-19-21)11-6-18-7-12(11)15(22)20-10-2-3-13(16)14(17)4-10/h2-5,8,11-12,18H,6-7H2,1H3,(H,20,22)/t11-,12+/m1/s1. The number of nitrogens with zero attached hydrogens (tertiary/aromatic N) is 2. The summed E-state index contributed by atoms with van der Waals surface area (Å²) in [5.41, 5.74) is 1.50. The van der Waals surface area contributed by atoms with Gasteiger partial charge in [-0.3, -0.25) is 9.48 Å². The Hall–Kier alpha value is -1.73. The maximum atomic E-state index is 13.5. The normalized spacial score (nSPS) is 21.0. The van der Waals surface area contributed by atoms with Gasteiger partial charge in [-0.1, -0.05) is 0 Å². The van der Waals surface area contributed by atoms with Crippen molar-refractivity contribution in [1.82, 2.24) is 15.1 Å². The molecule has 2 heterocycles. The SMILES string of the molecule is Cn1cc([C@H]2CNC[C@@H]2C(=O)Nc2ccc(Br)c(F)c2)cn1. The van der Waals surface area contributed by atoms with E-state index in [-0.39, 0.29) is 17.7 Å². The molecular weight excluding hydrogens is 351 g/mol. The largest absolute Gasteiger partial charge is 0.326 e. The summed E-state index contributed by atoms with van der Waals surface area (Å²) < 4.78 is 15.6. The van der Waals surface area contributed by atoms with Gasteiger partial charge in [-0.15, -0.1) is 0 Å². The summed E-state index contributed by atoms with van der Waals surface area (Å²) in [4.78, 5) is 12.5. The molecule has 1 amide bonds. The zero-order valence-electron chi connectivity index (χ0n) is 12.0. The van der Waals surface area contributed by atoms with Crippen LogP contribution in [-0.4, -0.2) is 28.8 Å². The van der Waals surface area contributed by atoms with Gasteiger partial charge in [0.05, 0.1) is 16.6 Å². The van der Waals surface area contributed by atoms with Crippen molar-refractivity contribution in [3.05, 3.63) is 46.4 Å². The molecule has 1 aromatic heterocycles. The van der Waals surface area contributed by atoms with Crippen LogP contribution < -0.4 is 10.6 Å². The van der Waals surface area contributed by atoms with Gasteiger partial charge in [0.2, 0.25) is 5.91 Å². The zero-order valence-corrected chi connectivity index (χ0v) is 13.6. The van der Waals surface area contributed by atoms with Crippen molar-refractivity contribution in [3.8, 4) is 0 Å². The third-order valence-corrected chi connectivity index (χ3v) is 4.53. The Morgan fingerprint density at radius 1 is 1.50 bits per heavy atom. The van der Waals surface area contributed by atoms with Gasteiger partial charge in [0.1, 0.15) is 5.82 Å². The minimum Gasteiger partial charge on any atom is -0.326 e. The average molecular weight is 367 g/mol. The first-order valence-electron chi connectivity index (χ1n) is 7.00. The lowest BCUT2D eigenvalue weighted by molar-refractivity contribution is -0.119. The number of amides is 1. The van der Waals surface area contributed by atoms with Crippen LogP contribution in [0.15, 0.2) is 35.1 Å². The highest BCUT2D eigenvalue weighted by atomic mass is 79.9. The number of halogens is 2. The molecule has 1 aliphatic rings. The van der Waals surface area contributed by atoms with Crippen LogP contribution in [0.1, 0.15) is 11.5 Å². The number of anilines is 1. The second kappa shape index (κ2) is 6.18. The highest BCUT2D eigenvalue weighted by Crippen LogP contribution is 2.29. The Balaban J connectivity index is 1.74. The van der Waals surface area contributed by atoms with E-state index >= 15 is 0 Å². The number of hydrogen-bond donors (Lipinski definition) is 2. The molecule has 2 atom stereocenters. The summed E-state index contributed by atoms with van der Waals surface area (Å²) in [6.45, 7) is 1.34. The monoisotopic (exact) mass is 366 g/mol. The molecule has 0 aliphatic carbocycles. The fourth-order valence-electron chi connectivity index (χ4n) is 2.74. The molecule has 3 rings (SSSR count). The molecule has 1 aromatic carbocycles. The van der Waals surface area contributed by atoms with E-state index in [1.165, 1.54) is 6.07 Å². The molecule has 1 fully saturated rings. The summed E-state index contributed by atoms with van der Waals surface area (Å²) in [5.74, 6) is -0.628. The number of benzene rings is 1. The summed E-state index contributed by atoms with van der Waals surface area (Å²) in [5, 5.41) is 10.2. The second-order valence-corrected chi connectivity index (χ2v) is 6.29. The third-order valence-electron chi connectivity index (χ3n) is 3.89. The van der Waals surface area contributed by atoms with E-state index in [4.69, 9.17) is 0 Å². The van der Waals surface area contributed by atoms with Gasteiger partial charge < -0.3 is 10.6 Å². The van der Waals surface area contributed by atoms with E-state index < -0.39 is 5.82 Å². The summed E-state index contributed by atoms with van der Waals surface area (Å²) in [6, 6.07) is 4.56. The first-order valence-corrected chi connectivity index (χ1v) is 7.79. The minimum absolute atomic E-state index is 0.0778. The van der Waals surface area contributed by atoms with E-state index in [1.54, 1.807) is 23.0 Å². The topological polar surface area (TPSA) is 59.0 Å². The van der Waals surface area contributed by atoms with E-state index in [1.807, 2.05) is 13.2 Å². The van der Waals surface area contributed by atoms with Crippen LogP contribution in [0.5, 0.6) is 0 Å². The molecule has 5 nitrogen and oxygen atoms in total. The van der Waals surface area contributed by atoms with Crippen molar-refractivity contribution in [2.24, 2.45) is 13.0 Å². The van der Waals surface area contributed by atoms with Crippen LogP contribution in [0, 0.1) is 11.7 Å². The van der Waals surface area contributed by atoms with E-state index in [2.05, 4.69) is 31.7 Å². The quantitative estimate of drug-likeness (QED) is 0.875. The molecule has 1 aliphatic heterocycles. The molecule has 0 saturated carbocycles. The lowest BCUT2D eigenvalue weighted by atomic mass is 9.90. The van der Waals surface area contributed by atoms with Crippen LogP contribution >= 0.6 is 15.9 Å². The van der Waals surface area contributed by atoms with Crippen LogP contribution in [0.4, 0.5) is 10.1 Å². The highest BCUT2D eigenvalue weighted by molar-refractivity contribution is 9.10. The van der Waals surface area contributed by atoms with Gasteiger partial charge in [-0.25, -0.2) is 4.39 Å². The number of aryl methyl sites for hydroxylation is 1. The Kier molecular flexibility index (Phi) is 4.26. The third kappa shape index (κ3) is 3.05. The van der Waals surface area contributed by atoms with Crippen LogP contribution in [-0.2, 0) is 11.8 Å². The van der Waals surface area contributed by atoms with Crippen LogP contribution in [0.2, 0.25) is 0 Å². The lowest BCUT2D eigenvalue weighted by Gasteiger charge is -2.17. The Morgan fingerprint density at radius 2 is 2.32 bits per heavy atom. The Bertz CT molecular complexity index is 703. The Morgan fingerprint density at radius 3 is 3.00 bits per heavy atom. The number of hydrogen-bond acceptors (Lipinski definition) is 3. The van der Waals surface area contributed by atoms with Crippen molar-refractivity contribution in [3.63, 3.8) is 0 Å². The van der Waals surface area contributed by atoms with Gasteiger partial charge in [-0.2, -0.15) is 5.10 Å². The Labute approximate surface area is 136 Å². The maximum absolute atomic E-state index is 13.5. The van der Waals surface area contributed by atoms with Crippen LogP contribution in [0.25, 0.3) is 0 Å². The van der Waals surface area contributed by atoms with E-state index in [0.29, 0.717) is 16.7 Å². The van der Waals surface area contributed by atoms with E-state index in [9.17, 15) is 9.18 Å². The zero-order chi connectivity index (χ0) is 15.7. The van der Waals surface area contributed by atoms with Gasteiger partial charge in [-0.05, 0) is 39.7 Å². The lowest BCUT2D eigenvalue weighted by Crippen LogP contribution is -2.28. The van der Waals surface area contributed by atoms with Gasteiger partial charge in [0, 0.05) is 37.9 Å². The second-order valence-electron chi connectivity index (χ2n) is 5.44. The fraction of sp³-hybridized carbons (Fsp3) is 0.333. The molecule has 0 spiro atoms. The molecule has 0 bridgehead atoms. The molecule has 22 heavy (non-hydrogen) atoms. The number of aromatic nitrogens is 2. The smallest absolute Gasteiger partial charge is 0.229 e. The first kappa shape index (κ1) is 15.2. The maximum Gasteiger partial charge on any atom is 0.229 e. The van der Waals surface area contributed by atoms with Crippen molar-refractivity contribution < 1.29 is 9.18 Å². The van der Waals surface area contributed by atoms with Crippen LogP contribution in [0.3, 0.4) is 0 Å². The minimum atomic E-state index is -0.397. The van der Waals surface area contributed by atoms with E-state index in [0.717, 1.165) is 12.1 Å². The van der Waals surface area contributed by atoms with Gasteiger partial charge in [0.15, 0.2) is 0 Å². The number of carbonyl (C=O) groups excluding carboxylic acids is 1.